The molecule has 19 heavy (non-hydrogen) atoms. The molecule has 0 heterocycles. The van der Waals surface area contributed by atoms with Gasteiger partial charge >= 0.3 is 0 Å². The Balaban J connectivity index is 3.17. The van der Waals surface area contributed by atoms with Gasteiger partial charge in [0.2, 0.25) is 10.0 Å². The van der Waals surface area contributed by atoms with E-state index in [4.69, 9.17) is 18.0 Å². The number of halogens is 1. The zero-order valence-electron chi connectivity index (χ0n) is 9.75. The highest BCUT2D eigenvalue weighted by Gasteiger charge is 2.20. The fraction of sp³-hybridized carbons (Fsp3) is 0.222. The number of rotatable bonds is 5. The van der Waals surface area contributed by atoms with Crippen LogP contribution in [0.1, 0.15) is 5.56 Å². The molecule has 0 aliphatic rings. The molecule has 1 aromatic rings. The molecular weight excluding hydrogens is 376 g/mol. The second-order valence-electron chi connectivity index (χ2n) is 3.81. The standard InChI is InChI=1S/C9H11BrN2O4S3/c1-18(13,14)5-19(15,16)12-8-3-2-6(10)4-7(8)9(11)17/h2-4,12H,5H2,1H3,(H2,11,17). The molecular formula is C9H11BrN2O4S3. The molecule has 0 aliphatic carbocycles. The van der Waals surface area contributed by atoms with Crippen molar-refractivity contribution in [3.05, 3.63) is 28.2 Å². The van der Waals surface area contributed by atoms with Gasteiger partial charge in [0.15, 0.2) is 14.9 Å². The molecule has 0 saturated carbocycles. The maximum absolute atomic E-state index is 11.7. The summed E-state index contributed by atoms with van der Waals surface area (Å²) in [5.41, 5.74) is 5.93. The Morgan fingerprint density at radius 2 is 1.95 bits per heavy atom. The first-order chi connectivity index (χ1) is 8.50. The molecule has 0 aromatic heterocycles. The summed E-state index contributed by atoms with van der Waals surface area (Å²) in [6.45, 7) is 0. The fourth-order valence-electron chi connectivity index (χ4n) is 1.29. The lowest BCUT2D eigenvalue weighted by molar-refractivity contribution is 0.595. The van der Waals surface area contributed by atoms with Crippen LogP contribution in [0.3, 0.4) is 0 Å². The van der Waals surface area contributed by atoms with E-state index in [1.54, 1.807) is 12.1 Å². The van der Waals surface area contributed by atoms with Gasteiger partial charge in [-0.25, -0.2) is 16.8 Å². The monoisotopic (exact) mass is 386 g/mol. The molecule has 0 bridgehead atoms. The summed E-state index contributed by atoms with van der Waals surface area (Å²) in [5, 5.41) is -1.01. The third-order valence-electron chi connectivity index (χ3n) is 1.88. The van der Waals surface area contributed by atoms with Gasteiger partial charge in [0.1, 0.15) is 4.99 Å². The lowest BCUT2D eigenvalue weighted by Gasteiger charge is -2.11. The van der Waals surface area contributed by atoms with E-state index in [9.17, 15) is 16.8 Å². The summed E-state index contributed by atoms with van der Waals surface area (Å²) in [5.74, 6) is 0. The predicted octanol–water partition coefficient (Wildman–Crippen LogP) is 0.827. The number of anilines is 1. The van der Waals surface area contributed by atoms with Crippen LogP contribution in [-0.2, 0) is 19.9 Å². The molecule has 0 radical (unpaired) electrons. The SMILES string of the molecule is CS(=O)(=O)CS(=O)(=O)Nc1ccc(Br)cc1C(N)=S. The maximum atomic E-state index is 11.7. The molecule has 3 N–H and O–H groups in total. The third kappa shape index (κ3) is 5.43. The first-order valence-corrected chi connectivity index (χ1v) is 9.69. The number of thiocarbonyl (C=S) groups is 1. The number of benzene rings is 1. The van der Waals surface area contributed by atoms with Gasteiger partial charge in [-0.3, -0.25) is 4.72 Å². The number of hydrogen-bond donors (Lipinski definition) is 2. The van der Waals surface area contributed by atoms with Crippen molar-refractivity contribution in [1.82, 2.24) is 0 Å². The molecule has 106 valence electrons. The van der Waals surface area contributed by atoms with Gasteiger partial charge in [-0.2, -0.15) is 0 Å². The van der Waals surface area contributed by atoms with E-state index in [0.717, 1.165) is 6.26 Å². The van der Waals surface area contributed by atoms with Gasteiger partial charge in [-0.15, -0.1) is 0 Å². The first kappa shape index (κ1) is 16.3. The Morgan fingerprint density at radius 3 is 2.42 bits per heavy atom. The van der Waals surface area contributed by atoms with Crippen LogP contribution in [-0.4, -0.2) is 33.2 Å². The molecule has 0 fully saturated rings. The molecule has 0 atom stereocenters. The Hall–Kier alpha value is -0.710. The topological polar surface area (TPSA) is 106 Å². The van der Waals surface area contributed by atoms with Crippen molar-refractivity contribution in [2.75, 3.05) is 16.1 Å². The number of sulfonamides is 1. The van der Waals surface area contributed by atoms with Crippen LogP contribution < -0.4 is 10.5 Å². The predicted molar refractivity (Wildman–Crippen MR) is 82.3 cm³/mol. The lowest BCUT2D eigenvalue weighted by atomic mass is 10.2. The molecule has 1 rings (SSSR count). The Labute approximate surface area is 125 Å². The van der Waals surface area contributed by atoms with Crippen LogP contribution in [0, 0.1) is 0 Å². The summed E-state index contributed by atoms with van der Waals surface area (Å²) in [6, 6.07) is 4.57. The number of sulfone groups is 1. The van der Waals surface area contributed by atoms with Gasteiger partial charge in [0, 0.05) is 16.3 Å². The molecule has 0 aliphatic heterocycles. The molecule has 10 heteroatoms. The minimum absolute atomic E-state index is 0.00152. The van der Waals surface area contributed by atoms with Crippen LogP contribution in [0.4, 0.5) is 5.69 Å². The number of nitrogens with one attached hydrogen (secondary N) is 1. The van der Waals surface area contributed by atoms with Crippen molar-refractivity contribution >= 4 is 58.7 Å². The number of hydrogen-bond acceptors (Lipinski definition) is 5. The van der Waals surface area contributed by atoms with Gasteiger partial charge in [0.25, 0.3) is 0 Å². The Bertz CT molecular complexity index is 713. The summed E-state index contributed by atoms with van der Waals surface area (Å²) in [4.78, 5) is -0.00152. The van der Waals surface area contributed by atoms with Crippen LogP contribution in [0.5, 0.6) is 0 Å². The summed E-state index contributed by atoms with van der Waals surface area (Å²) in [7, 11) is -7.70. The number of nitrogens with two attached hydrogens (primary N) is 1. The molecule has 0 spiro atoms. The van der Waals surface area contributed by atoms with Crippen molar-refractivity contribution in [1.29, 1.82) is 0 Å². The van der Waals surface area contributed by atoms with Crippen LogP contribution >= 0.6 is 28.1 Å². The van der Waals surface area contributed by atoms with Crippen LogP contribution in [0.15, 0.2) is 22.7 Å². The van der Waals surface area contributed by atoms with Gasteiger partial charge < -0.3 is 5.73 Å². The largest absolute Gasteiger partial charge is 0.389 e. The smallest absolute Gasteiger partial charge is 0.247 e. The minimum atomic E-state index is -4.03. The summed E-state index contributed by atoms with van der Waals surface area (Å²) >= 11 is 8.02. The fourth-order valence-corrected chi connectivity index (χ4v) is 4.82. The van der Waals surface area contributed by atoms with Crippen molar-refractivity contribution < 1.29 is 16.8 Å². The average Bonchev–Trinajstić information content (AvgIpc) is 2.16. The lowest BCUT2D eigenvalue weighted by Crippen LogP contribution is -2.24. The van der Waals surface area contributed by atoms with Crippen molar-refractivity contribution in [3.8, 4) is 0 Å². The highest BCUT2D eigenvalue weighted by Crippen LogP contribution is 2.22. The van der Waals surface area contributed by atoms with Crippen molar-refractivity contribution in [2.45, 2.75) is 0 Å². The first-order valence-electron chi connectivity index (χ1n) is 4.78. The van der Waals surface area contributed by atoms with Gasteiger partial charge in [-0.05, 0) is 18.2 Å². The second kappa shape index (κ2) is 5.73. The van der Waals surface area contributed by atoms with E-state index < -0.39 is 24.9 Å². The van der Waals surface area contributed by atoms with E-state index in [0.29, 0.717) is 10.0 Å². The van der Waals surface area contributed by atoms with Gasteiger partial charge in [0.05, 0.1) is 5.69 Å². The average molecular weight is 387 g/mol. The zero-order valence-corrected chi connectivity index (χ0v) is 13.8. The van der Waals surface area contributed by atoms with Crippen molar-refractivity contribution in [3.63, 3.8) is 0 Å². The van der Waals surface area contributed by atoms with Crippen LogP contribution in [0.25, 0.3) is 0 Å². The highest BCUT2D eigenvalue weighted by molar-refractivity contribution is 9.10. The molecule has 0 unspecified atom stereocenters. The minimum Gasteiger partial charge on any atom is -0.389 e. The molecule has 0 saturated heterocycles. The quantitative estimate of drug-likeness (QED) is 0.725. The zero-order chi connectivity index (χ0) is 14.8. The van der Waals surface area contributed by atoms with Gasteiger partial charge in [-0.1, -0.05) is 28.1 Å². The summed E-state index contributed by atoms with van der Waals surface area (Å²) in [6.07, 6.45) is 0.836. The highest BCUT2D eigenvalue weighted by atomic mass is 79.9. The van der Waals surface area contributed by atoms with Crippen molar-refractivity contribution in [2.24, 2.45) is 5.73 Å². The summed E-state index contributed by atoms with van der Waals surface area (Å²) < 4.78 is 48.3. The Kier molecular flexibility index (Phi) is 4.93. The molecule has 1 aromatic carbocycles. The van der Waals surface area contributed by atoms with E-state index in [1.807, 2.05) is 0 Å². The molecule has 6 nitrogen and oxygen atoms in total. The Morgan fingerprint density at radius 1 is 1.37 bits per heavy atom. The van der Waals surface area contributed by atoms with E-state index >= 15 is 0 Å². The maximum Gasteiger partial charge on any atom is 0.247 e. The van der Waals surface area contributed by atoms with E-state index in [1.165, 1.54) is 6.07 Å². The molecule has 0 amide bonds. The van der Waals surface area contributed by atoms with Crippen LogP contribution in [0.2, 0.25) is 0 Å². The second-order valence-corrected chi connectivity index (χ2v) is 9.40. The van der Waals surface area contributed by atoms with E-state index in [-0.39, 0.29) is 10.7 Å². The third-order valence-corrected chi connectivity index (χ3v) is 6.08. The normalized spacial score (nSPS) is 12.1. The van der Waals surface area contributed by atoms with E-state index in [2.05, 4.69) is 20.7 Å².